The smallest absolute Gasteiger partial charge is 0.133 e. The summed E-state index contributed by atoms with van der Waals surface area (Å²) < 4.78 is 5.73. The summed E-state index contributed by atoms with van der Waals surface area (Å²) in [5, 5.41) is 9.24. The third kappa shape index (κ3) is 2.85. The number of para-hydroxylation sites is 1. The maximum atomic E-state index is 9.24. The molecule has 0 spiro atoms. The number of fused-ring (bicyclic) bond motifs is 1. The molecule has 2 aromatic rings. The van der Waals surface area contributed by atoms with E-state index in [9.17, 15) is 5.11 Å². The molecule has 4 nitrogen and oxygen atoms in total. The van der Waals surface area contributed by atoms with Crippen LogP contribution in [0.3, 0.4) is 0 Å². The van der Waals surface area contributed by atoms with E-state index in [0.717, 1.165) is 31.1 Å². The second-order valence-corrected chi connectivity index (χ2v) is 4.67. The Kier molecular flexibility index (Phi) is 3.33. The third-order valence-corrected chi connectivity index (χ3v) is 3.23. The first-order chi connectivity index (χ1) is 9.31. The van der Waals surface area contributed by atoms with Crippen molar-refractivity contribution in [3.63, 3.8) is 0 Å². The van der Waals surface area contributed by atoms with Gasteiger partial charge in [-0.05, 0) is 18.2 Å². The predicted molar refractivity (Wildman–Crippen MR) is 72.0 cm³/mol. The van der Waals surface area contributed by atoms with E-state index in [0.29, 0.717) is 6.61 Å². The van der Waals surface area contributed by atoms with Crippen LogP contribution in [0.2, 0.25) is 0 Å². The fourth-order valence-corrected chi connectivity index (χ4v) is 2.25. The van der Waals surface area contributed by atoms with Gasteiger partial charge in [0.05, 0.1) is 11.9 Å². The Morgan fingerprint density at radius 3 is 2.95 bits per heavy atom. The molecule has 0 saturated carbocycles. The van der Waals surface area contributed by atoms with Crippen molar-refractivity contribution in [1.82, 2.24) is 9.88 Å². The zero-order valence-electron chi connectivity index (χ0n) is 10.6. The van der Waals surface area contributed by atoms with Gasteiger partial charge in [0, 0.05) is 25.2 Å². The molecule has 4 heteroatoms. The second kappa shape index (κ2) is 5.28. The Balaban J connectivity index is 1.74. The van der Waals surface area contributed by atoms with E-state index in [4.69, 9.17) is 4.74 Å². The van der Waals surface area contributed by atoms with Crippen molar-refractivity contribution in [2.45, 2.75) is 13.1 Å². The first-order valence-electron chi connectivity index (χ1n) is 6.38. The van der Waals surface area contributed by atoms with Gasteiger partial charge in [0.25, 0.3) is 0 Å². The minimum absolute atomic E-state index is 0.202. The van der Waals surface area contributed by atoms with Crippen LogP contribution in [-0.4, -0.2) is 28.1 Å². The zero-order chi connectivity index (χ0) is 13.1. The lowest BCUT2D eigenvalue weighted by Crippen LogP contribution is -2.25. The topological polar surface area (TPSA) is 45.6 Å². The van der Waals surface area contributed by atoms with E-state index in [1.54, 1.807) is 6.07 Å². The highest BCUT2D eigenvalue weighted by Crippen LogP contribution is 2.23. The van der Waals surface area contributed by atoms with Crippen molar-refractivity contribution in [3.8, 4) is 11.5 Å². The fraction of sp³-hybridized carbons (Fsp3) is 0.267. The molecule has 0 aliphatic carbocycles. The normalized spacial score (nSPS) is 15.4. The Morgan fingerprint density at radius 1 is 1.21 bits per heavy atom. The minimum Gasteiger partial charge on any atom is -0.506 e. The molecular weight excluding hydrogens is 240 g/mol. The number of pyridine rings is 1. The molecule has 1 aliphatic heterocycles. The number of ether oxygens (including phenoxy) is 1. The van der Waals surface area contributed by atoms with Crippen LogP contribution >= 0.6 is 0 Å². The number of aromatic hydroxyl groups is 1. The Bertz CT molecular complexity index is 554. The average molecular weight is 256 g/mol. The molecule has 0 unspecified atom stereocenters. The van der Waals surface area contributed by atoms with Crippen LogP contribution in [0, 0.1) is 0 Å². The standard InChI is InChI=1S/C15H16N2O2/c18-14-6-5-13(16-9-14)11-17-7-8-19-15-4-2-1-3-12(15)10-17/h1-6,9,18H,7-8,10-11H2. The first-order valence-corrected chi connectivity index (χ1v) is 6.38. The summed E-state index contributed by atoms with van der Waals surface area (Å²) in [4.78, 5) is 6.52. The Morgan fingerprint density at radius 2 is 2.11 bits per heavy atom. The lowest BCUT2D eigenvalue weighted by Gasteiger charge is -2.18. The molecule has 0 atom stereocenters. The largest absolute Gasteiger partial charge is 0.506 e. The van der Waals surface area contributed by atoms with Gasteiger partial charge in [-0.25, -0.2) is 0 Å². The van der Waals surface area contributed by atoms with Gasteiger partial charge in [0.15, 0.2) is 0 Å². The van der Waals surface area contributed by atoms with E-state index in [1.165, 1.54) is 11.8 Å². The average Bonchev–Trinajstić information content (AvgIpc) is 2.63. The highest BCUT2D eigenvalue weighted by Gasteiger charge is 2.15. The van der Waals surface area contributed by atoms with E-state index in [-0.39, 0.29) is 5.75 Å². The number of hydrogen-bond donors (Lipinski definition) is 1. The van der Waals surface area contributed by atoms with Crippen LogP contribution in [0.15, 0.2) is 42.6 Å². The number of nitrogens with zero attached hydrogens (tertiary/aromatic N) is 2. The van der Waals surface area contributed by atoms with Gasteiger partial charge >= 0.3 is 0 Å². The summed E-state index contributed by atoms with van der Waals surface area (Å²) in [6, 6.07) is 11.7. The van der Waals surface area contributed by atoms with Gasteiger partial charge in [-0.15, -0.1) is 0 Å². The van der Waals surface area contributed by atoms with Crippen molar-refractivity contribution in [1.29, 1.82) is 0 Å². The van der Waals surface area contributed by atoms with Crippen LogP contribution in [0.25, 0.3) is 0 Å². The van der Waals surface area contributed by atoms with E-state index >= 15 is 0 Å². The number of benzene rings is 1. The molecule has 3 rings (SSSR count). The molecule has 0 fully saturated rings. The molecule has 1 aromatic heterocycles. The third-order valence-electron chi connectivity index (χ3n) is 3.23. The van der Waals surface area contributed by atoms with Gasteiger partial charge in [-0.3, -0.25) is 9.88 Å². The predicted octanol–water partition coefficient (Wildman–Crippen LogP) is 2.18. The van der Waals surface area contributed by atoms with Crippen molar-refractivity contribution in [2.75, 3.05) is 13.2 Å². The summed E-state index contributed by atoms with van der Waals surface area (Å²) in [6.07, 6.45) is 1.48. The molecule has 0 saturated heterocycles. The van der Waals surface area contributed by atoms with Gasteiger partial charge in [-0.2, -0.15) is 0 Å². The molecule has 0 bridgehead atoms. The minimum atomic E-state index is 0.202. The van der Waals surface area contributed by atoms with Crippen LogP contribution in [0.1, 0.15) is 11.3 Å². The molecule has 1 N–H and O–H groups in total. The van der Waals surface area contributed by atoms with Gasteiger partial charge in [0.2, 0.25) is 0 Å². The number of rotatable bonds is 2. The Hall–Kier alpha value is -2.07. The molecule has 1 aromatic carbocycles. The van der Waals surface area contributed by atoms with Crippen molar-refractivity contribution >= 4 is 0 Å². The fourth-order valence-electron chi connectivity index (χ4n) is 2.25. The van der Waals surface area contributed by atoms with Crippen molar-refractivity contribution < 1.29 is 9.84 Å². The summed E-state index contributed by atoms with van der Waals surface area (Å²) in [6.45, 7) is 3.18. The summed E-state index contributed by atoms with van der Waals surface area (Å²) in [7, 11) is 0. The second-order valence-electron chi connectivity index (χ2n) is 4.67. The SMILES string of the molecule is Oc1ccc(CN2CCOc3ccccc3C2)nc1. The molecule has 19 heavy (non-hydrogen) atoms. The molecule has 98 valence electrons. The summed E-state index contributed by atoms with van der Waals surface area (Å²) >= 11 is 0. The first kappa shape index (κ1) is 12.0. The quantitative estimate of drug-likeness (QED) is 0.894. The number of hydrogen-bond acceptors (Lipinski definition) is 4. The number of aromatic nitrogens is 1. The highest BCUT2D eigenvalue weighted by molar-refractivity contribution is 5.33. The van der Waals surface area contributed by atoms with Gasteiger partial charge in [0.1, 0.15) is 18.1 Å². The maximum absolute atomic E-state index is 9.24. The van der Waals surface area contributed by atoms with Crippen LogP contribution in [-0.2, 0) is 13.1 Å². The van der Waals surface area contributed by atoms with E-state index in [2.05, 4.69) is 16.0 Å². The lowest BCUT2D eigenvalue weighted by molar-refractivity contribution is 0.217. The van der Waals surface area contributed by atoms with E-state index in [1.807, 2.05) is 24.3 Å². The monoisotopic (exact) mass is 256 g/mol. The van der Waals surface area contributed by atoms with Crippen molar-refractivity contribution in [2.24, 2.45) is 0 Å². The maximum Gasteiger partial charge on any atom is 0.133 e. The molecule has 2 heterocycles. The zero-order valence-corrected chi connectivity index (χ0v) is 10.6. The van der Waals surface area contributed by atoms with Crippen LogP contribution < -0.4 is 4.74 Å². The van der Waals surface area contributed by atoms with Crippen LogP contribution in [0.5, 0.6) is 11.5 Å². The molecule has 1 aliphatic rings. The van der Waals surface area contributed by atoms with E-state index < -0.39 is 0 Å². The molecular formula is C15H16N2O2. The van der Waals surface area contributed by atoms with Gasteiger partial charge < -0.3 is 9.84 Å². The molecule has 0 amide bonds. The highest BCUT2D eigenvalue weighted by atomic mass is 16.5. The molecule has 0 radical (unpaired) electrons. The van der Waals surface area contributed by atoms with Crippen LogP contribution in [0.4, 0.5) is 0 Å². The summed E-state index contributed by atoms with van der Waals surface area (Å²) in [5.41, 5.74) is 2.16. The lowest BCUT2D eigenvalue weighted by atomic mass is 10.2. The van der Waals surface area contributed by atoms with Gasteiger partial charge in [-0.1, -0.05) is 18.2 Å². The van der Waals surface area contributed by atoms with Crippen molar-refractivity contribution in [3.05, 3.63) is 53.9 Å². The summed E-state index contributed by atoms with van der Waals surface area (Å²) in [5.74, 6) is 1.18. The Labute approximate surface area is 112 Å².